The summed E-state index contributed by atoms with van der Waals surface area (Å²) in [4.78, 5) is 55.6. The zero-order valence-electron chi connectivity index (χ0n) is 26.6. The molecule has 3 N–H and O–H groups in total. The molecule has 2 aliphatic carbocycles. The van der Waals surface area contributed by atoms with Gasteiger partial charge in [0.05, 0.1) is 24.6 Å². The van der Waals surface area contributed by atoms with Crippen molar-refractivity contribution in [3.8, 4) is 0 Å². The minimum absolute atomic E-state index is 0.0734. The molecule has 5 atom stereocenters. The molecule has 3 fully saturated rings. The number of hydrogen-bond donors (Lipinski definition) is 3. The highest BCUT2D eigenvalue weighted by Gasteiger charge is 2.62. The van der Waals surface area contributed by atoms with Gasteiger partial charge in [-0.1, -0.05) is 48.4 Å². The lowest BCUT2D eigenvalue weighted by atomic mass is 10.0. The van der Waals surface area contributed by atoms with Crippen LogP contribution in [0, 0.1) is 5.92 Å². The number of sulfonamides is 1. The zero-order chi connectivity index (χ0) is 33.9. The van der Waals surface area contributed by atoms with Crippen molar-refractivity contribution in [2.75, 3.05) is 13.2 Å². The minimum Gasteiger partial charge on any atom is -0.450 e. The Balaban J connectivity index is 1.41. The molecule has 2 heterocycles. The molecule has 1 aromatic carbocycles. The second-order valence-electron chi connectivity index (χ2n) is 12.9. The number of benzene rings is 1. The number of carbonyl (C=O) groups excluding carboxylic acids is 4. The van der Waals surface area contributed by atoms with Gasteiger partial charge in [-0.05, 0) is 73.4 Å². The summed E-state index contributed by atoms with van der Waals surface area (Å²) in [6.07, 6.45) is 4.41. The third kappa shape index (κ3) is 8.26. The Hall–Kier alpha value is -3.23. The third-order valence-electron chi connectivity index (χ3n) is 9.24. The van der Waals surface area contributed by atoms with Gasteiger partial charge in [-0.3, -0.25) is 19.1 Å². The molecule has 0 radical (unpaired) electrons. The number of nitrogens with zero attached hydrogens (tertiary/aromatic N) is 1. The van der Waals surface area contributed by atoms with E-state index < -0.39 is 68.7 Å². The van der Waals surface area contributed by atoms with Crippen LogP contribution in [0.25, 0.3) is 5.57 Å². The highest BCUT2D eigenvalue weighted by molar-refractivity contribution is 9.10. The van der Waals surface area contributed by atoms with E-state index in [4.69, 9.17) is 9.47 Å². The molecule has 0 spiro atoms. The van der Waals surface area contributed by atoms with Crippen molar-refractivity contribution in [2.24, 2.45) is 5.92 Å². The fourth-order valence-corrected chi connectivity index (χ4v) is 8.13. The summed E-state index contributed by atoms with van der Waals surface area (Å²) in [6.45, 7) is 10.3. The molecule has 2 aliphatic heterocycles. The molecule has 14 heteroatoms. The van der Waals surface area contributed by atoms with Crippen molar-refractivity contribution < 1.29 is 37.1 Å². The van der Waals surface area contributed by atoms with Gasteiger partial charge in [0.1, 0.15) is 17.6 Å². The number of unbranched alkanes of at least 4 members (excludes halogenated alkanes) is 1. The van der Waals surface area contributed by atoms with Crippen molar-refractivity contribution in [2.45, 2.75) is 100 Å². The van der Waals surface area contributed by atoms with Gasteiger partial charge < -0.3 is 25.0 Å². The third-order valence-corrected chi connectivity index (χ3v) is 11.5. The van der Waals surface area contributed by atoms with E-state index in [1.54, 1.807) is 0 Å². The van der Waals surface area contributed by atoms with Gasteiger partial charge >= 0.3 is 6.09 Å². The smallest absolute Gasteiger partial charge is 0.407 e. The first-order chi connectivity index (χ1) is 22.4. The lowest BCUT2D eigenvalue weighted by molar-refractivity contribution is -0.141. The normalized spacial score (nSPS) is 28.5. The van der Waals surface area contributed by atoms with Crippen LogP contribution in [-0.4, -0.2) is 79.3 Å². The standard InChI is InChI=1S/C33H43BrN4O8S/c1-4-6-9-27-30(40)38-18-25(46-19-21-13-22(15-24(34)14-21)20(3)8-7-12-45-32(42)35-27)16-28(38)29(39)36-33(17-23(33)5-2)31(41)37-47(43,44)26-10-11-26/h5,13-15,23,25-28H,2-4,6-12,16-19H2,1H3,(H,35,42)(H,36,39)(H,37,41)/t23-,25+,27-,28-,33-/m0/s1. The Morgan fingerprint density at radius 3 is 2.68 bits per heavy atom. The SMILES string of the molecule is C=C[C@H]1C[C@@]1(NC(=O)[C@@H]1C[C@@H]2CN1C(=O)[C@H](CCCC)NC(=O)OCCCC(=C)c1cc(Br)cc(c1)CO2)C(=O)NS(=O)(=O)C1CC1. The summed E-state index contributed by atoms with van der Waals surface area (Å²) in [5, 5.41) is 4.87. The molecule has 5 rings (SSSR count). The average molecular weight is 736 g/mol. The van der Waals surface area contributed by atoms with E-state index in [0.29, 0.717) is 38.5 Å². The summed E-state index contributed by atoms with van der Waals surface area (Å²) < 4.78 is 39.8. The Morgan fingerprint density at radius 1 is 1.23 bits per heavy atom. The van der Waals surface area contributed by atoms with Crippen LogP contribution >= 0.6 is 15.9 Å². The number of allylic oxidation sites excluding steroid dienone is 1. The van der Waals surface area contributed by atoms with Gasteiger partial charge in [-0.25, -0.2) is 13.2 Å². The Labute approximate surface area is 284 Å². The maximum absolute atomic E-state index is 14.1. The van der Waals surface area contributed by atoms with E-state index in [2.05, 4.69) is 44.4 Å². The van der Waals surface area contributed by atoms with E-state index in [-0.39, 0.29) is 32.6 Å². The fraction of sp³-hybridized carbons (Fsp3) is 0.576. The van der Waals surface area contributed by atoms with E-state index in [0.717, 1.165) is 27.6 Å². The van der Waals surface area contributed by atoms with E-state index >= 15 is 0 Å². The van der Waals surface area contributed by atoms with Crippen molar-refractivity contribution in [3.05, 3.63) is 53.0 Å². The molecular formula is C33H43BrN4O8S. The van der Waals surface area contributed by atoms with Crippen molar-refractivity contribution >= 4 is 55.3 Å². The van der Waals surface area contributed by atoms with Crippen molar-refractivity contribution in [1.29, 1.82) is 0 Å². The van der Waals surface area contributed by atoms with E-state index in [1.165, 1.54) is 11.0 Å². The zero-order valence-corrected chi connectivity index (χ0v) is 29.0. The fourth-order valence-electron chi connectivity index (χ4n) is 6.23. The van der Waals surface area contributed by atoms with E-state index in [9.17, 15) is 27.6 Å². The van der Waals surface area contributed by atoms with Crippen LogP contribution in [0.2, 0.25) is 0 Å². The summed E-state index contributed by atoms with van der Waals surface area (Å²) in [5.41, 5.74) is 1.17. The number of cyclic esters (lactones) is 1. The topological polar surface area (TPSA) is 160 Å². The molecule has 47 heavy (non-hydrogen) atoms. The van der Waals surface area contributed by atoms with E-state index in [1.807, 2.05) is 25.1 Å². The van der Waals surface area contributed by atoms with Crippen LogP contribution in [-0.2, 0) is 40.5 Å². The number of nitrogens with one attached hydrogen (secondary N) is 3. The molecule has 0 aromatic heterocycles. The molecule has 2 saturated carbocycles. The van der Waals surface area contributed by atoms with Gasteiger partial charge in [0.2, 0.25) is 21.8 Å². The van der Waals surface area contributed by atoms with Gasteiger partial charge in [0.25, 0.3) is 5.91 Å². The highest BCUT2D eigenvalue weighted by atomic mass is 79.9. The minimum atomic E-state index is -3.86. The molecular weight excluding hydrogens is 692 g/mol. The van der Waals surface area contributed by atoms with Crippen molar-refractivity contribution in [3.63, 3.8) is 0 Å². The molecule has 1 saturated heterocycles. The second-order valence-corrected chi connectivity index (χ2v) is 15.8. The predicted octanol–water partition coefficient (Wildman–Crippen LogP) is 3.70. The maximum Gasteiger partial charge on any atom is 0.407 e. The van der Waals surface area contributed by atoms with Crippen LogP contribution in [0.5, 0.6) is 0 Å². The first kappa shape index (κ1) is 35.1. The van der Waals surface area contributed by atoms with Gasteiger partial charge in [-0.15, -0.1) is 6.58 Å². The largest absolute Gasteiger partial charge is 0.450 e. The number of alkyl carbamates (subject to hydrolysis) is 1. The molecule has 0 unspecified atom stereocenters. The maximum atomic E-state index is 14.1. The number of hydrogen-bond acceptors (Lipinski definition) is 8. The number of carbonyl (C=O) groups is 4. The molecule has 256 valence electrons. The number of ether oxygens (including phenoxy) is 2. The molecule has 12 nitrogen and oxygen atoms in total. The Morgan fingerprint density at radius 2 is 2.00 bits per heavy atom. The van der Waals surface area contributed by atoms with Crippen LogP contribution in [0.3, 0.4) is 0 Å². The summed E-state index contributed by atoms with van der Waals surface area (Å²) >= 11 is 3.56. The van der Waals surface area contributed by atoms with Crippen molar-refractivity contribution in [1.82, 2.24) is 20.3 Å². The first-order valence-electron chi connectivity index (χ1n) is 16.2. The van der Waals surface area contributed by atoms with Gasteiger partial charge in [0.15, 0.2) is 0 Å². The lowest BCUT2D eigenvalue weighted by Gasteiger charge is -2.29. The lowest BCUT2D eigenvalue weighted by Crippen LogP contribution is -2.58. The highest BCUT2D eigenvalue weighted by Crippen LogP contribution is 2.45. The average Bonchev–Trinajstić information content (AvgIpc) is 3.95. The molecule has 4 amide bonds. The van der Waals surface area contributed by atoms with Crippen LogP contribution < -0.4 is 15.4 Å². The first-order valence-corrected chi connectivity index (χ1v) is 18.5. The predicted molar refractivity (Wildman–Crippen MR) is 178 cm³/mol. The Bertz CT molecular complexity index is 1550. The van der Waals surface area contributed by atoms with Gasteiger partial charge in [0, 0.05) is 23.4 Å². The van der Waals surface area contributed by atoms with Crippen LogP contribution in [0.4, 0.5) is 4.79 Å². The summed E-state index contributed by atoms with van der Waals surface area (Å²) in [5.74, 6) is -2.37. The second kappa shape index (κ2) is 14.5. The number of halogens is 1. The summed E-state index contributed by atoms with van der Waals surface area (Å²) in [7, 11) is -3.86. The monoisotopic (exact) mass is 734 g/mol. The summed E-state index contributed by atoms with van der Waals surface area (Å²) in [6, 6.07) is 3.87. The Kier molecular flexibility index (Phi) is 10.8. The number of rotatable bonds is 9. The quantitative estimate of drug-likeness (QED) is 0.324. The molecule has 1 aromatic rings. The molecule has 4 bridgehead atoms. The van der Waals surface area contributed by atoms with Crippen LogP contribution in [0.1, 0.15) is 75.8 Å². The molecule has 4 aliphatic rings. The van der Waals surface area contributed by atoms with Gasteiger partial charge in [-0.2, -0.15) is 0 Å². The number of amides is 4. The van der Waals surface area contributed by atoms with Crippen LogP contribution in [0.15, 0.2) is 41.9 Å². The number of fused-ring (bicyclic) bond motifs is 4.